The molecule has 0 aromatic heterocycles. The third-order valence-corrected chi connectivity index (χ3v) is 4.82. The zero-order chi connectivity index (χ0) is 17.2. The molecule has 0 aromatic carbocycles. The van der Waals surface area contributed by atoms with Crippen molar-refractivity contribution in [3.63, 3.8) is 0 Å². The van der Waals surface area contributed by atoms with Crippen LogP contribution in [0.2, 0.25) is 0 Å². The summed E-state index contributed by atoms with van der Waals surface area (Å²) < 4.78 is 0. The summed E-state index contributed by atoms with van der Waals surface area (Å²) in [5.74, 6) is 0. The Morgan fingerprint density at radius 2 is 1.00 bits per heavy atom. The van der Waals surface area contributed by atoms with Crippen LogP contribution in [-0.4, -0.2) is 29.0 Å². The lowest BCUT2D eigenvalue weighted by Crippen LogP contribution is -2.37. The molecule has 4 N–H and O–H groups in total. The average Bonchev–Trinajstić information content (AvgIpc) is 2.57. The molecule has 3 nitrogen and oxygen atoms in total. The molecule has 2 atom stereocenters. The van der Waals surface area contributed by atoms with Gasteiger partial charge < -0.3 is 15.9 Å². The quantitative estimate of drug-likeness (QED) is 0.312. The Balaban J connectivity index is 3.08. The van der Waals surface area contributed by atoms with Gasteiger partial charge in [0.05, 0.1) is 12.7 Å². The lowest BCUT2D eigenvalue weighted by atomic mass is 10.0. The van der Waals surface area contributed by atoms with Crippen molar-refractivity contribution in [3.05, 3.63) is 0 Å². The standard InChI is InChI=1S/C20H43NO2/c1-2-3-4-5-6-7-8-9-10-11-12-13-14-15-16-17-19(21)20(23)18-22/h19-20,22-23H,2-18,21H2,1H3. The smallest absolute Gasteiger partial charge is 0.0921 e. The van der Waals surface area contributed by atoms with Gasteiger partial charge in [0.25, 0.3) is 0 Å². The number of aliphatic hydroxyl groups is 2. The van der Waals surface area contributed by atoms with Gasteiger partial charge in [0, 0.05) is 6.04 Å². The van der Waals surface area contributed by atoms with Gasteiger partial charge in [-0.1, -0.05) is 103 Å². The Morgan fingerprint density at radius 3 is 1.35 bits per heavy atom. The zero-order valence-corrected chi connectivity index (χ0v) is 15.6. The molecule has 0 aliphatic rings. The molecule has 0 radical (unpaired) electrons. The summed E-state index contributed by atoms with van der Waals surface area (Å²) in [5, 5.41) is 18.2. The van der Waals surface area contributed by atoms with Crippen LogP contribution in [0.1, 0.15) is 110 Å². The highest BCUT2D eigenvalue weighted by Gasteiger charge is 2.12. The van der Waals surface area contributed by atoms with Crippen molar-refractivity contribution in [2.24, 2.45) is 5.73 Å². The van der Waals surface area contributed by atoms with Gasteiger partial charge in [-0.3, -0.25) is 0 Å². The zero-order valence-electron chi connectivity index (χ0n) is 15.6. The first kappa shape index (κ1) is 22.9. The topological polar surface area (TPSA) is 66.5 Å². The summed E-state index contributed by atoms with van der Waals surface area (Å²) in [7, 11) is 0. The fraction of sp³-hybridized carbons (Fsp3) is 1.00. The largest absolute Gasteiger partial charge is 0.394 e. The molecular weight excluding hydrogens is 286 g/mol. The molecule has 0 aliphatic heterocycles. The minimum absolute atomic E-state index is 0.222. The third-order valence-electron chi connectivity index (χ3n) is 4.82. The van der Waals surface area contributed by atoms with Crippen LogP contribution in [0.25, 0.3) is 0 Å². The van der Waals surface area contributed by atoms with E-state index < -0.39 is 6.10 Å². The molecular formula is C20H43NO2. The first-order valence-corrected chi connectivity index (χ1v) is 10.3. The maximum atomic E-state index is 9.37. The van der Waals surface area contributed by atoms with Crippen LogP contribution < -0.4 is 5.73 Å². The molecule has 0 amide bonds. The summed E-state index contributed by atoms with van der Waals surface area (Å²) in [4.78, 5) is 0. The highest BCUT2D eigenvalue weighted by Crippen LogP contribution is 2.14. The second kappa shape index (κ2) is 18.2. The second-order valence-electron chi connectivity index (χ2n) is 7.15. The Kier molecular flexibility index (Phi) is 18.1. The summed E-state index contributed by atoms with van der Waals surface area (Å²) in [6.45, 7) is 2.05. The van der Waals surface area contributed by atoms with Gasteiger partial charge in [0.2, 0.25) is 0 Å². The summed E-state index contributed by atoms with van der Waals surface area (Å²) in [5.41, 5.74) is 5.77. The Morgan fingerprint density at radius 1 is 0.652 bits per heavy atom. The van der Waals surface area contributed by atoms with Crippen LogP contribution >= 0.6 is 0 Å². The average molecular weight is 330 g/mol. The van der Waals surface area contributed by atoms with Crippen molar-refractivity contribution < 1.29 is 10.2 Å². The van der Waals surface area contributed by atoms with Gasteiger partial charge in [0.1, 0.15) is 0 Å². The van der Waals surface area contributed by atoms with Crippen molar-refractivity contribution in [1.82, 2.24) is 0 Å². The Hall–Kier alpha value is -0.120. The van der Waals surface area contributed by atoms with Crippen LogP contribution in [0.5, 0.6) is 0 Å². The normalized spacial score (nSPS) is 14.1. The molecule has 2 unspecified atom stereocenters. The van der Waals surface area contributed by atoms with E-state index in [1.165, 1.54) is 89.9 Å². The summed E-state index contributed by atoms with van der Waals surface area (Å²) in [6.07, 6.45) is 20.4. The number of aliphatic hydroxyl groups excluding tert-OH is 2. The minimum atomic E-state index is -0.748. The van der Waals surface area contributed by atoms with Gasteiger partial charge >= 0.3 is 0 Å². The highest BCUT2D eigenvalue weighted by molar-refractivity contribution is 4.70. The van der Waals surface area contributed by atoms with E-state index in [1.807, 2.05) is 0 Å². The maximum Gasteiger partial charge on any atom is 0.0921 e. The van der Waals surface area contributed by atoms with Crippen LogP contribution in [0.15, 0.2) is 0 Å². The van der Waals surface area contributed by atoms with Gasteiger partial charge in [-0.25, -0.2) is 0 Å². The summed E-state index contributed by atoms with van der Waals surface area (Å²) in [6, 6.07) is -0.262. The van der Waals surface area contributed by atoms with Crippen LogP contribution in [0.4, 0.5) is 0 Å². The van der Waals surface area contributed by atoms with Crippen molar-refractivity contribution in [1.29, 1.82) is 0 Å². The first-order valence-electron chi connectivity index (χ1n) is 10.3. The molecule has 0 aromatic rings. The fourth-order valence-corrected chi connectivity index (χ4v) is 3.08. The van der Waals surface area contributed by atoms with E-state index in [4.69, 9.17) is 10.8 Å². The van der Waals surface area contributed by atoms with Gasteiger partial charge in [-0.15, -0.1) is 0 Å². The number of hydrogen-bond donors (Lipinski definition) is 3. The monoisotopic (exact) mass is 329 g/mol. The number of nitrogens with two attached hydrogens (primary N) is 1. The molecule has 3 heteroatoms. The van der Waals surface area contributed by atoms with E-state index in [1.54, 1.807) is 0 Å². The molecule has 0 spiro atoms. The van der Waals surface area contributed by atoms with Gasteiger partial charge in [0.15, 0.2) is 0 Å². The predicted octanol–water partition coefficient (Wildman–Crippen LogP) is 4.93. The molecule has 0 saturated carbocycles. The van der Waals surface area contributed by atoms with Crippen molar-refractivity contribution >= 4 is 0 Å². The van der Waals surface area contributed by atoms with Crippen LogP contribution in [-0.2, 0) is 0 Å². The van der Waals surface area contributed by atoms with E-state index in [0.29, 0.717) is 0 Å². The Labute approximate surface area is 145 Å². The highest BCUT2D eigenvalue weighted by atomic mass is 16.3. The molecule has 0 bridgehead atoms. The fourth-order valence-electron chi connectivity index (χ4n) is 3.08. The molecule has 23 heavy (non-hydrogen) atoms. The van der Waals surface area contributed by atoms with E-state index in [2.05, 4.69) is 6.92 Å². The number of rotatable bonds is 18. The minimum Gasteiger partial charge on any atom is -0.394 e. The lowest BCUT2D eigenvalue weighted by Gasteiger charge is -2.16. The molecule has 0 rings (SSSR count). The van der Waals surface area contributed by atoms with Crippen molar-refractivity contribution in [3.8, 4) is 0 Å². The SMILES string of the molecule is CCCCCCCCCCCCCCCCCC(N)C(O)CO. The molecule has 140 valence electrons. The second-order valence-corrected chi connectivity index (χ2v) is 7.15. The Bertz CT molecular complexity index is 224. The number of hydrogen-bond acceptors (Lipinski definition) is 3. The van der Waals surface area contributed by atoms with Gasteiger partial charge in [-0.2, -0.15) is 0 Å². The molecule has 0 heterocycles. The lowest BCUT2D eigenvalue weighted by molar-refractivity contribution is 0.0711. The molecule has 0 saturated heterocycles. The predicted molar refractivity (Wildman–Crippen MR) is 101 cm³/mol. The van der Waals surface area contributed by atoms with E-state index in [9.17, 15) is 5.11 Å². The maximum absolute atomic E-state index is 9.37. The van der Waals surface area contributed by atoms with E-state index in [0.717, 1.165) is 12.8 Å². The van der Waals surface area contributed by atoms with Crippen LogP contribution in [0, 0.1) is 0 Å². The number of unbranched alkanes of at least 4 members (excludes halogenated alkanes) is 14. The summed E-state index contributed by atoms with van der Waals surface area (Å²) >= 11 is 0. The van der Waals surface area contributed by atoms with Crippen LogP contribution in [0.3, 0.4) is 0 Å². The first-order chi connectivity index (χ1) is 11.2. The molecule has 0 aliphatic carbocycles. The van der Waals surface area contributed by atoms with E-state index >= 15 is 0 Å². The van der Waals surface area contributed by atoms with Crippen molar-refractivity contribution in [2.75, 3.05) is 6.61 Å². The molecule has 0 fully saturated rings. The third kappa shape index (κ3) is 16.5. The van der Waals surface area contributed by atoms with Crippen molar-refractivity contribution in [2.45, 2.75) is 122 Å². The van der Waals surface area contributed by atoms with Gasteiger partial charge in [-0.05, 0) is 6.42 Å². The van der Waals surface area contributed by atoms with E-state index in [-0.39, 0.29) is 12.6 Å².